The number of sulfonamides is 1. The third-order valence-corrected chi connectivity index (χ3v) is 5.74. The highest BCUT2D eigenvalue weighted by molar-refractivity contribution is 7.90. The van der Waals surface area contributed by atoms with Gasteiger partial charge in [-0.15, -0.1) is 0 Å². The normalized spacial score (nSPS) is 13.8. The SMILES string of the molecule is Cc1ccc(S(=O)(=O)/N=C(/C=C/c2ccc3c(c2)OCO3)c2ccccc2)cc1. The highest BCUT2D eigenvalue weighted by Crippen LogP contribution is 2.32. The molecule has 146 valence electrons. The summed E-state index contributed by atoms with van der Waals surface area (Å²) < 4.78 is 40.5. The van der Waals surface area contributed by atoms with E-state index >= 15 is 0 Å². The Labute approximate surface area is 170 Å². The minimum Gasteiger partial charge on any atom is -0.454 e. The summed E-state index contributed by atoms with van der Waals surface area (Å²) in [5.74, 6) is 1.36. The molecule has 0 unspecified atom stereocenters. The Morgan fingerprint density at radius 3 is 2.41 bits per heavy atom. The van der Waals surface area contributed by atoms with E-state index in [1.807, 2.05) is 55.5 Å². The number of benzene rings is 3. The van der Waals surface area contributed by atoms with Crippen LogP contribution >= 0.6 is 0 Å². The van der Waals surface area contributed by atoms with Gasteiger partial charge in [0, 0.05) is 5.56 Å². The smallest absolute Gasteiger partial charge is 0.282 e. The van der Waals surface area contributed by atoms with Crippen LogP contribution in [-0.4, -0.2) is 20.9 Å². The maximum atomic E-state index is 12.8. The fraction of sp³-hybridized carbons (Fsp3) is 0.0870. The molecule has 6 heteroatoms. The van der Waals surface area contributed by atoms with Crippen LogP contribution in [0.5, 0.6) is 11.5 Å². The number of aryl methyl sites for hydroxylation is 1. The molecule has 1 aliphatic heterocycles. The molecule has 29 heavy (non-hydrogen) atoms. The Bertz CT molecular complexity index is 1180. The first-order valence-corrected chi connectivity index (χ1v) is 10.5. The molecule has 0 N–H and O–H groups in total. The minimum atomic E-state index is -3.85. The Morgan fingerprint density at radius 2 is 1.66 bits per heavy atom. The summed E-state index contributed by atoms with van der Waals surface area (Å²) in [5, 5.41) is 0. The largest absolute Gasteiger partial charge is 0.454 e. The zero-order chi connectivity index (χ0) is 20.3. The van der Waals surface area contributed by atoms with E-state index in [0.717, 1.165) is 11.1 Å². The third-order valence-electron chi connectivity index (χ3n) is 4.44. The molecule has 0 fully saturated rings. The number of allylic oxidation sites excluding steroid dienone is 1. The number of ether oxygens (including phenoxy) is 2. The van der Waals surface area contributed by atoms with Crippen molar-refractivity contribution in [3.05, 3.63) is 95.6 Å². The molecule has 0 atom stereocenters. The van der Waals surface area contributed by atoms with Gasteiger partial charge in [0.25, 0.3) is 10.0 Å². The van der Waals surface area contributed by atoms with Gasteiger partial charge in [-0.2, -0.15) is 12.8 Å². The zero-order valence-electron chi connectivity index (χ0n) is 15.8. The van der Waals surface area contributed by atoms with Crippen LogP contribution in [0.15, 0.2) is 88.2 Å². The van der Waals surface area contributed by atoms with Crippen LogP contribution in [-0.2, 0) is 10.0 Å². The minimum absolute atomic E-state index is 0.160. The lowest BCUT2D eigenvalue weighted by Crippen LogP contribution is -2.04. The topological polar surface area (TPSA) is 65.0 Å². The monoisotopic (exact) mass is 405 g/mol. The second kappa shape index (κ2) is 7.93. The molecule has 0 saturated heterocycles. The molecule has 0 spiro atoms. The molecule has 0 amide bonds. The molecule has 0 aliphatic carbocycles. The molecular weight excluding hydrogens is 386 g/mol. The van der Waals surface area contributed by atoms with Gasteiger partial charge in [0.1, 0.15) is 0 Å². The molecular formula is C23H19NO4S. The van der Waals surface area contributed by atoms with E-state index < -0.39 is 10.0 Å². The van der Waals surface area contributed by atoms with Crippen molar-refractivity contribution >= 4 is 21.8 Å². The lowest BCUT2D eigenvalue weighted by atomic mass is 10.1. The predicted octanol–water partition coefficient (Wildman–Crippen LogP) is 4.62. The highest BCUT2D eigenvalue weighted by atomic mass is 32.2. The Morgan fingerprint density at radius 1 is 0.931 bits per heavy atom. The van der Waals surface area contributed by atoms with Crippen LogP contribution in [0.1, 0.15) is 16.7 Å². The van der Waals surface area contributed by atoms with Gasteiger partial charge in [-0.05, 0) is 42.8 Å². The molecule has 0 saturated carbocycles. The summed E-state index contributed by atoms with van der Waals surface area (Å²) in [5.41, 5.74) is 2.90. The van der Waals surface area contributed by atoms with E-state index in [2.05, 4.69) is 4.40 Å². The Balaban J connectivity index is 1.72. The van der Waals surface area contributed by atoms with E-state index in [0.29, 0.717) is 22.8 Å². The van der Waals surface area contributed by atoms with Gasteiger partial charge >= 0.3 is 0 Å². The number of fused-ring (bicyclic) bond motifs is 1. The van der Waals surface area contributed by atoms with Crippen molar-refractivity contribution in [3.63, 3.8) is 0 Å². The number of hydrogen-bond acceptors (Lipinski definition) is 4. The van der Waals surface area contributed by atoms with Crippen molar-refractivity contribution in [2.45, 2.75) is 11.8 Å². The lowest BCUT2D eigenvalue weighted by molar-refractivity contribution is 0.174. The second-order valence-electron chi connectivity index (χ2n) is 6.58. The summed E-state index contributed by atoms with van der Waals surface area (Å²) in [6, 6.07) is 21.4. The molecule has 1 aliphatic rings. The standard InChI is InChI=1S/C23H19NO4S/c1-17-7-11-20(12-8-17)29(25,26)24-21(19-5-3-2-4-6-19)13-9-18-10-14-22-23(15-18)28-16-27-22/h2-15H,16H2,1H3/b13-9+,24-21-. The first-order valence-electron chi connectivity index (χ1n) is 9.06. The summed E-state index contributed by atoms with van der Waals surface area (Å²) in [4.78, 5) is 0.160. The Hall–Kier alpha value is -3.38. The van der Waals surface area contributed by atoms with Gasteiger partial charge in [0.15, 0.2) is 11.5 Å². The first kappa shape index (κ1) is 19.0. The summed E-state index contributed by atoms with van der Waals surface area (Å²) in [6.07, 6.45) is 3.50. The van der Waals surface area contributed by atoms with Crippen molar-refractivity contribution in [2.24, 2.45) is 4.40 Å². The van der Waals surface area contributed by atoms with Gasteiger partial charge in [-0.1, -0.05) is 60.2 Å². The second-order valence-corrected chi connectivity index (χ2v) is 8.18. The maximum absolute atomic E-state index is 12.8. The average molecular weight is 405 g/mol. The van der Waals surface area contributed by atoms with Gasteiger partial charge < -0.3 is 9.47 Å². The van der Waals surface area contributed by atoms with Crippen LogP contribution in [0, 0.1) is 6.92 Å². The van der Waals surface area contributed by atoms with Crippen LogP contribution < -0.4 is 9.47 Å². The van der Waals surface area contributed by atoms with Crippen LogP contribution in [0.4, 0.5) is 0 Å². The molecule has 3 aromatic carbocycles. The van der Waals surface area contributed by atoms with Gasteiger partial charge in [-0.25, -0.2) is 0 Å². The van der Waals surface area contributed by atoms with E-state index in [1.165, 1.54) is 0 Å². The van der Waals surface area contributed by atoms with E-state index in [-0.39, 0.29) is 11.7 Å². The van der Waals surface area contributed by atoms with Gasteiger partial charge in [-0.3, -0.25) is 0 Å². The van der Waals surface area contributed by atoms with E-state index in [1.54, 1.807) is 36.4 Å². The Kier molecular flexibility index (Phi) is 5.18. The maximum Gasteiger partial charge on any atom is 0.282 e. The molecule has 0 radical (unpaired) electrons. The van der Waals surface area contributed by atoms with Crippen molar-refractivity contribution in [3.8, 4) is 11.5 Å². The van der Waals surface area contributed by atoms with Crippen LogP contribution in [0.25, 0.3) is 6.08 Å². The van der Waals surface area contributed by atoms with Gasteiger partial charge in [0.05, 0.1) is 10.6 Å². The van der Waals surface area contributed by atoms with Crippen molar-refractivity contribution in [1.82, 2.24) is 0 Å². The van der Waals surface area contributed by atoms with E-state index in [4.69, 9.17) is 9.47 Å². The van der Waals surface area contributed by atoms with Crippen LogP contribution in [0.3, 0.4) is 0 Å². The fourth-order valence-corrected chi connectivity index (χ4v) is 3.88. The third kappa shape index (κ3) is 4.38. The molecule has 1 heterocycles. The molecule has 0 aromatic heterocycles. The van der Waals surface area contributed by atoms with Crippen molar-refractivity contribution < 1.29 is 17.9 Å². The van der Waals surface area contributed by atoms with Gasteiger partial charge in [0.2, 0.25) is 6.79 Å². The van der Waals surface area contributed by atoms with Crippen molar-refractivity contribution in [1.29, 1.82) is 0 Å². The number of nitrogens with zero attached hydrogens (tertiary/aromatic N) is 1. The summed E-state index contributed by atoms with van der Waals surface area (Å²) in [6.45, 7) is 2.11. The molecule has 3 aromatic rings. The van der Waals surface area contributed by atoms with E-state index in [9.17, 15) is 8.42 Å². The first-order chi connectivity index (χ1) is 14.0. The summed E-state index contributed by atoms with van der Waals surface area (Å²) >= 11 is 0. The highest BCUT2D eigenvalue weighted by Gasteiger charge is 2.15. The van der Waals surface area contributed by atoms with Crippen molar-refractivity contribution in [2.75, 3.05) is 6.79 Å². The summed E-state index contributed by atoms with van der Waals surface area (Å²) in [7, 11) is -3.85. The fourth-order valence-electron chi connectivity index (χ4n) is 2.87. The quantitative estimate of drug-likeness (QED) is 0.581. The average Bonchev–Trinajstić information content (AvgIpc) is 3.20. The number of hydrogen-bond donors (Lipinski definition) is 0. The zero-order valence-corrected chi connectivity index (χ0v) is 16.6. The molecule has 5 nitrogen and oxygen atoms in total. The molecule has 4 rings (SSSR count). The number of rotatable bonds is 5. The van der Waals surface area contributed by atoms with Crippen LogP contribution in [0.2, 0.25) is 0 Å². The lowest BCUT2D eigenvalue weighted by Gasteiger charge is -2.05. The molecule has 0 bridgehead atoms. The predicted molar refractivity (Wildman–Crippen MR) is 113 cm³/mol.